The number of thioether (sulfide) groups is 1. The number of halogens is 2. The van der Waals surface area contributed by atoms with Crippen LogP contribution in [0.15, 0.2) is 35.2 Å². The van der Waals surface area contributed by atoms with Crippen LogP contribution in [0.25, 0.3) is 0 Å². The van der Waals surface area contributed by atoms with Gasteiger partial charge in [0, 0.05) is 22.4 Å². The summed E-state index contributed by atoms with van der Waals surface area (Å²) in [6.07, 6.45) is 0. The fraction of sp³-hybridized carbons (Fsp3) is 0.200. The number of nitrogens with two attached hydrogens (primary N) is 1. The lowest BCUT2D eigenvalue weighted by molar-refractivity contribution is 0.171. The van der Waals surface area contributed by atoms with Gasteiger partial charge in [0.1, 0.15) is 24.8 Å². The first kappa shape index (κ1) is 14.0. The van der Waals surface area contributed by atoms with Crippen LogP contribution in [0.1, 0.15) is 5.56 Å². The first-order chi connectivity index (χ1) is 10.1. The van der Waals surface area contributed by atoms with Crippen molar-refractivity contribution in [2.24, 2.45) is 0 Å². The molecule has 21 heavy (non-hydrogen) atoms. The second kappa shape index (κ2) is 5.81. The van der Waals surface area contributed by atoms with Crippen molar-refractivity contribution in [3.8, 4) is 11.5 Å². The number of rotatable bonds is 3. The van der Waals surface area contributed by atoms with Crippen molar-refractivity contribution in [3.05, 3.63) is 47.5 Å². The van der Waals surface area contributed by atoms with Crippen LogP contribution < -0.4 is 15.2 Å². The van der Waals surface area contributed by atoms with Gasteiger partial charge >= 0.3 is 0 Å². The summed E-state index contributed by atoms with van der Waals surface area (Å²) in [5.74, 6) is 0.754. The van der Waals surface area contributed by atoms with Crippen LogP contribution >= 0.6 is 11.8 Å². The highest BCUT2D eigenvalue weighted by molar-refractivity contribution is 7.98. The summed E-state index contributed by atoms with van der Waals surface area (Å²) in [6.45, 7) is 0.983. The van der Waals surface area contributed by atoms with Crippen molar-refractivity contribution in [1.82, 2.24) is 0 Å². The minimum atomic E-state index is -0.464. The Balaban J connectivity index is 1.80. The topological polar surface area (TPSA) is 44.5 Å². The Kier molecular flexibility index (Phi) is 3.88. The van der Waals surface area contributed by atoms with E-state index in [1.165, 1.54) is 17.8 Å². The van der Waals surface area contributed by atoms with Crippen molar-refractivity contribution in [1.29, 1.82) is 0 Å². The molecule has 2 aromatic carbocycles. The third-order valence-electron chi connectivity index (χ3n) is 3.08. The van der Waals surface area contributed by atoms with Crippen LogP contribution in [0.4, 0.5) is 14.5 Å². The number of fused-ring (bicyclic) bond motifs is 1. The smallest absolute Gasteiger partial charge is 0.163 e. The molecule has 1 heterocycles. The lowest BCUT2D eigenvalue weighted by Gasteiger charge is -2.20. The van der Waals surface area contributed by atoms with Crippen molar-refractivity contribution >= 4 is 17.4 Å². The second-order valence-corrected chi connectivity index (χ2v) is 5.58. The Morgan fingerprint density at radius 2 is 1.76 bits per heavy atom. The predicted molar refractivity (Wildman–Crippen MR) is 77.8 cm³/mol. The highest BCUT2D eigenvalue weighted by Crippen LogP contribution is 2.37. The second-order valence-electron chi connectivity index (χ2n) is 4.56. The molecule has 0 radical (unpaired) electrons. The molecule has 2 N–H and O–H groups in total. The van der Waals surface area contributed by atoms with Gasteiger partial charge in [0.25, 0.3) is 0 Å². The molecule has 1 aliphatic heterocycles. The zero-order chi connectivity index (χ0) is 14.8. The van der Waals surface area contributed by atoms with E-state index in [1.807, 2.05) is 0 Å². The number of hydrogen-bond donors (Lipinski definition) is 1. The number of anilines is 1. The van der Waals surface area contributed by atoms with Crippen LogP contribution in [0.3, 0.4) is 0 Å². The van der Waals surface area contributed by atoms with Gasteiger partial charge in [-0.2, -0.15) is 0 Å². The van der Waals surface area contributed by atoms with Crippen LogP contribution in [-0.2, 0) is 5.75 Å². The molecule has 0 saturated carbocycles. The molecule has 0 aliphatic carbocycles. The van der Waals surface area contributed by atoms with Gasteiger partial charge < -0.3 is 15.2 Å². The minimum absolute atomic E-state index is 0.254. The zero-order valence-corrected chi connectivity index (χ0v) is 11.9. The summed E-state index contributed by atoms with van der Waals surface area (Å²) in [5.41, 5.74) is 7.30. The maximum atomic E-state index is 13.6. The Bertz CT molecular complexity index is 679. The molecular formula is C15H13F2NO2S. The molecule has 1 aliphatic rings. The van der Waals surface area contributed by atoms with Gasteiger partial charge in [-0.15, -0.1) is 11.8 Å². The lowest BCUT2D eigenvalue weighted by Crippen LogP contribution is -2.15. The van der Waals surface area contributed by atoms with Gasteiger partial charge in [-0.3, -0.25) is 0 Å². The molecule has 0 saturated heterocycles. The first-order valence-electron chi connectivity index (χ1n) is 6.39. The average molecular weight is 309 g/mol. The fourth-order valence-corrected chi connectivity index (χ4v) is 2.98. The Hall–Kier alpha value is -1.95. The molecular weight excluding hydrogens is 296 g/mol. The lowest BCUT2D eigenvalue weighted by atomic mass is 10.2. The monoisotopic (exact) mass is 309 g/mol. The minimum Gasteiger partial charge on any atom is -0.486 e. The van der Waals surface area contributed by atoms with Crippen molar-refractivity contribution in [2.75, 3.05) is 18.9 Å². The molecule has 2 aromatic rings. The molecule has 0 unspecified atom stereocenters. The van der Waals surface area contributed by atoms with E-state index < -0.39 is 11.6 Å². The first-order valence-corrected chi connectivity index (χ1v) is 7.38. The van der Waals surface area contributed by atoms with E-state index in [0.29, 0.717) is 36.2 Å². The molecule has 0 amide bonds. The molecule has 3 rings (SSSR count). The number of ether oxygens (including phenoxy) is 2. The van der Waals surface area contributed by atoms with E-state index in [2.05, 4.69) is 0 Å². The van der Waals surface area contributed by atoms with Gasteiger partial charge in [0.05, 0.1) is 0 Å². The van der Waals surface area contributed by atoms with E-state index in [1.54, 1.807) is 12.1 Å². The number of benzene rings is 2. The highest BCUT2D eigenvalue weighted by Gasteiger charge is 2.15. The third kappa shape index (κ3) is 3.05. The van der Waals surface area contributed by atoms with Gasteiger partial charge in [-0.25, -0.2) is 8.78 Å². The SMILES string of the molecule is Nc1cc2c(cc1CSc1cc(F)ccc1F)OCCO2. The summed E-state index contributed by atoms with van der Waals surface area (Å²) in [7, 11) is 0. The highest BCUT2D eigenvalue weighted by atomic mass is 32.2. The van der Waals surface area contributed by atoms with E-state index in [-0.39, 0.29) is 4.90 Å². The summed E-state index contributed by atoms with van der Waals surface area (Å²) in [5, 5.41) is 0. The van der Waals surface area contributed by atoms with Crippen molar-refractivity contribution in [3.63, 3.8) is 0 Å². The average Bonchev–Trinajstić information content (AvgIpc) is 2.48. The molecule has 0 atom stereocenters. The van der Waals surface area contributed by atoms with Crippen LogP contribution in [0.2, 0.25) is 0 Å². The molecule has 6 heteroatoms. The number of hydrogen-bond acceptors (Lipinski definition) is 4. The quantitative estimate of drug-likeness (QED) is 0.695. The Labute approximate surface area is 125 Å². The molecule has 3 nitrogen and oxygen atoms in total. The van der Waals surface area contributed by atoms with Gasteiger partial charge in [-0.1, -0.05) is 0 Å². The van der Waals surface area contributed by atoms with Gasteiger partial charge in [-0.05, 0) is 29.8 Å². The van der Waals surface area contributed by atoms with Crippen LogP contribution in [0.5, 0.6) is 11.5 Å². The molecule has 0 fully saturated rings. The normalized spacial score (nSPS) is 13.2. The van der Waals surface area contributed by atoms with E-state index in [4.69, 9.17) is 15.2 Å². The summed E-state index contributed by atoms with van der Waals surface area (Å²) in [4.78, 5) is 0.254. The van der Waals surface area contributed by atoms with E-state index in [9.17, 15) is 8.78 Å². The zero-order valence-electron chi connectivity index (χ0n) is 11.1. The molecule has 0 aromatic heterocycles. The van der Waals surface area contributed by atoms with Crippen LogP contribution in [-0.4, -0.2) is 13.2 Å². The maximum Gasteiger partial charge on any atom is 0.163 e. The maximum absolute atomic E-state index is 13.6. The van der Waals surface area contributed by atoms with Crippen molar-refractivity contribution < 1.29 is 18.3 Å². The molecule has 0 bridgehead atoms. The van der Waals surface area contributed by atoms with E-state index >= 15 is 0 Å². The van der Waals surface area contributed by atoms with Crippen LogP contribution in [0, 0.1) is 11.6 Å². The third-order valence-corrected chi connectivity index (χ3v) is 4.16. The predicted octanol–water partition coefficient (Wildman–Crippen LogP) is 3.61. The number of nitrogen functional groups attached to an aromatic ring is 1. The van der Waals surface area contributed by atoms with E-state index in [0.717, 1.165) is 17.7 Å². The molecule has 0 spiro atoms. The fourth-order valence-electron chi connectivity index (χ4n) is 2.01. The summed E-state index contributed by atoms with van der Waals surface area (Å²) < 4.78 is 37.6. The van der Waals surface area contributed by atoms with Gasteiger partial charge in [0.2, 0.25) is 0 Å². The standard InChI is InChI=1S/C15H13F2NO2S/c16-10-1-2-11(17)15(6-10)21-8-9-5-13-14(7-12(9)18)20-4-3-19-13/h1-2,5-7H,3-4,8,18H2. The largest absolute Gasteiger partial charge is 0.486 e. The van der Waals surface area contributed by atoms with Crippen molar-refractivity contribution in [2.45, 2.75) is 10.6 Å². The summed E-state index contributed by atoms with van der Waals surface area (Å²) >= 11 is 1.19. The summed E-state index contributed by atoms with van der Waals surface area (Å²) in [6, 6.07) is 6.87. The Morgan fingerprint density at radius 3 is 2.52 bits per heavy atom. The molecule has 110 valence electrons. The Morgan fingerprint density at radius 1 is 1.05 bits per heavy atom. The van der Waals surface area contributed by atoms with Gasteiger partial charge in [0.15, 0.2) is 11.5 Å².